The van der Waals surface area contributed by atoms with Gasteiger partial charge in [0.25, 0.3) is 0 Å². The summed E-state index contributed by atoms with van der Waals surface area (Å²) in [6.07, 6.45) is 2.58. The van der Waals surface area contributed by atoms with Gasteiger partial charge < -0.3 is 10.7 Å². The number of fused-ring (bicyclic) bond motifs is 1. The molecule has 17 heavy (non-hydrogen) atoms. The second kappa shape index (κ2) is 3.70. The number of nitrogens with one attached hydrogen (secondary N) is 1. The lowest BCUT2D eigenvalue weighted by Crippen LogP contribution is -2.22. The van der Waals surface area contributed by atoms with Crippen molar-refractivity contribution in [1.29, 1.82) is 0 Å². The molecule has 2 aromatic rings. The Hall–Kier alpha value is -1.62. The van der Waals surface area contributed by atoms with Crippen LogP contribution in [0.1, 0.15) is 25.3 Å². The number of imidazole rings is 1. The summed E-state index contributed by atoms with van der Waals surface area (Å²) in [6.45, 7) is 0. The van der Waals surface area contributed by atoms with Gasteiger partial charge in [-0.3, -0.25) is 4.57 Å². The van der Waals surface area contributed by atoms with E-state index in [1.54, 1.807) is 16.7 Å². The summed E-state index contributed by atoms with van der Waals surface area (Å²) >= 11 is 0. The van der Waals surface area contributed by atoms with Gasteiger partial charge >= 0.3 is 5.69 Å². The van der Waals surface area contributed by atoms with Crippen LogP contribution in [0.5, 0.6) is 0 Å². The zero-order valence-corrected chi connectivity index (χ0v) is 9.32. The average Bonchev–Trinajstić information content (AvgIpc) is 2.82. The van der Waals surface area contributed by atoms with Gasteiger partial charge in [0.05, 0.1) is 5.52 Å². The highest BCUT2D eigenvalue weighted by Crippen LogP contribution is 2.30. The Labute approximate surface area is 97.2 Å². The summed E-state index contributed by atoms with van der Waals surface area (Å²) < 4.78 is 15.2. The van der Waals surface area contributed by atoms with Crippen molar-refractivity contribution in [3.8, 4) is 0 Å². The highest BCUT2D eigenvalue weighted by Gasteiger charge is 2.26. The van der Waals surface area contributed by atoms with Crippen LogP contribution in [0.4, 0.5) is 4.39 Å². The molecule has 1 aromatic heterocycles. The van der Waals surface area contributed by atoms with E-state index in [0.29, 0.717) is 5.52 Å². The number of nitrogens with zero attached hydrogens (tertiary/aromatic N) is 1. The predicted molar refractivity (Wildman–Crippen MR) is 63.4 cm³/mol. The standard InChI is InChI=1S/C12H14FN3O/c13-9-2-1-3-10-11(9)15-12(17)16(10)8-5-4-7(14)6-8/h1-3,7-8H,4-6,14H2,(H,15,17). The van der Waals surface area contributed by atoms with Crippen molar-refractivity contribution in [1.82, 2.24) is 9.55 Å². The van der Waals surface area contributed by atoms with E-state index in [9.17, 15) is 9.18 Å². The van der Waals surface area contributed by atoms with Crippen LogP contribution in [0.25, 0.3) is 11.0 Å². The van der Waals surface area contributed by atoms with Crippen molar-refractivity contribution in [2.24, 2.45) is 5.73 Å². The van der Waals surface area contributed by atoms with Gasteiger partial charge in [-0.05, 0) is 31.4 Å². The highest BCUT2D eigenvalue weighted by molar-refractivity contribution is 5.75. The van der Waals surface area contributed by atoms with Crippen LogP contribution < -0.4 is 11.4 Å². The molecule has 0 spiro atoms. The van der Waals surface area contributed by atoms with Crippen LogP contribution in [0.15, 0.2) is 23.0 Å². The SMILES string of the molecule is NC1CCC(n2c(=O)[nH]c3c(F)cccc32)C1. The van der Waals surface area contributed by atoms with E-state index in [-0.39, 0.29) is 29.1 Å². The lowest BCUT2D eigenvalue weighted by Gasteiger charge is -2.11. The summed E-state index contributed by atoms with van der Waals surface area (Å²) in [5.41, 5.74) is 6.53. The molecule has 90 valence electrons. The Kier molecular flexibility index (Phi) is 2.29. The Bertz CT molecular complexity index is 616. The summed E-state index contributed by atoms with van der Waals surface area (Å²) in [5, 5.41) is 0. The van der Waals surface area contributed by atoms with Gasteiger partial charge in [0.2, 0.25) is 0 Å². The number of hydrogen-bond donors (Lipinski definition) is 2. The first-order valence-corrected chi connectivity index (χ1v) is 5.81. The van der Waals surface area contributed by atoms with E-state index < -0.39 is 0 Å². The third-order valence-corrected chi connectivity index (χ3v) is 3.51. The van der Waals surface area contributed by atoms with Gasteiger partial charge in [0, 0.05) is 12.1 Å². The molecule has 5 heteroatoms. The Morgan fingerprint density at radius 1 is 1.41 bits per heavy atom. The van der Waals surface area contributed by atoms with Crippen LogP contribution in [0, 0.1) is 5.82 Å². The van der Waals surface area contributed by atoms with Gasteiger partial charge in [-0.15, -0.1) is 0 Å². The molecule has 1 aliphatic carbocycles. The first-order chi connectivity index (χ1) is 8.16. The fraction of sp³-hybridized carbons (Fsp3) is 0.417. The number of H-pyrrole nitrogens is 1. The van der Waals surface area contributed by atoms with E-state index in [2.05, 4.69) is 4.98 Å². The molecule has 0 bridgehead atoms. The second-order valence-electron chi connectivity index (χ2n) is 4.66. The quantitative estimate of drug-likeness (QED) is 0.787. The van der Waals surface area contributed by atoms with E-state index >= 15 is 0 Å². The van der Waals surface area contributed by atoms with Crippen LogP contribution in [0.2, 0.25) is 0 Å². The maximum absolute atomic E-state index is 13.5. The number of halogens is 1. The molecule has 0 aliphatic heterocycles. The van der Waals surface area contributed by atoms with E-state index in [1.165, 1.54) is 6.07 Å². The zero-order chi connectivity index (χ0) is 12.0. The largest absolute Gasteiger partial charge is 0.328 e. The third-order valence-electron chi connectivity index (χ3n) is 3.51. The highest BCUT2D eigenvalue weighted by atomic mass is 19.1. The van der Waals surface area contributed by atoms with E-state index in [1.807, 2.05) is 0 Å². The number of para-hydroxylation sites is 1. The molecule has 0 amide bonds. The molecule has 2 unspecified atom stereocenters. The average molecular weight is 235 g/mol. The maximum atomic E-state index is 13.5. The molecular formula is C12H14FN3O. The van der Waals surface area contributed by atoms with Crippen molar-refractivity contribution in [2.75, 3.05) is 0 Å². The lowest BCUT2D eigenvalue weighted by atomic mass is 10.2. The molecule has 1 aromatic carbocycles. The number of rotatable bonds is 1. The molecule has 2 atom stereocenters. The van der Waals surface area contributed by atoms with Crippen molar-refractivity contribution in [3.63, 3.8) is 0 Å². The monoisotopic (exact) mass is 235 g/mol. The molecule has 0 saturated heterocycles. The summed E-state index contributed by atoms with van der Waals surface area (Å²) in [4.78, 5) is 14.5. The Morgan fingerprint density at radius 3 is 2.94 bits per heavy atom. The number of hydrogen-bond acceptors (Lipinski definition) is 2. The minimum absolute atomic E-state index is 0.0908. The smallest absolute Gasteiger partial charge is 0.326 e. The fourth-order valence-electron chi connectivity index (χ4n) is 2.70. The zero-order valence-electron chi connectivity index (χ0n) is 9.32. The van der Waals surface area contributed by atoms with Gasteiger partial charge in [-0.25, -0.2) is 9.18 Å². The third kappa shape index (κ3) is 1.58. The molecule has 3 N–H and O–H groups in total. The van der Waals surface area contributed by atoms with Crippen molar-refractivity contribution in [3.05, 3.63) is 34.5 Å². The first-order valence-electron chi connectivity index (χ1n) is 5.81. The molecule has 1 fully saturated rings. The topological polar surface area (TPSA) is 63.8 Å². The summed E-state index contributed by atoms with van der Waals surface area (Å²) in [5.74, 6) is -0.388. The van der Waals surface area contributed by atoms with Gasteiger partial charge in [0.15, 0.2) is 0 Å². The number of benzene rings is 1. The van der Waals surface area contributed by atoms with Crippen LogP contribution in [0.3, 0.4) is 0 Å². The first kappa shape index (κ1) is 10.5. The maximum Gasteiger partial charge on any atom is 0.326 e. The second-order valence-corrected chi connectivity index (χ2v) is 4.66. The predicted octanol–water partition coefficient (Wildman–Crippen LogP) is 1.52. The van der Waals surface area contributed by atoms with E-state index in [4.69, 9.17) is 5.73 Å². The lowest BCUT2D eigenvalue weighted by molar-refractivity contribution is 0.509. The molecule has 1 aliphatic rings. The summed E-state index contributed by atoms with van der Waals surface area (Å²) in [7, 11) is 0. The van der Waals surface area contributed by atoms with Crippen molar-refractivity contribution in [2.45, 2.75) is 31.3 Å². The summed E-state index contributed by atoms with van der Waals surface area (Å²) in [6, 6.07) is 4.97. The molecular weight excluding hydrogens is 221 g/mol. The van der Waals surface area contributed by atoms with Crippen molar-refractivity contribution >= 4 is 11.0 Å². The van der Waals surface area contributed by atoms with Crippen LogP contribution >= 0.6 is 0 Å². The molecule has 3 rings (SSSR count). The van der Waals surface area contributed by atoms with Crippen molar-refractivity contribution < 1.29 is 4.39 Å². The molecule has 4 nitrogen and oxygen atoms in total. The van der Waals surface area contributed by atoms with Gasteiger partial charge in [-0.1, -0.05) is 6.07 Å². The van der Waals surface area contributed by atoms with Crippen LogP contribution in [-0.2, 0) is 0 Å². The van der Waals surface area contributed by atoms with Gasteiger partial charge in [-0.2, -0.15) is 0 Å². The molecule has 1 saturated carbocycles. The van der Waals surface area contributed by atoms with E-state index in [0.717, 1.165) is 19.3 Å². The van der Waals surface area contributed by atoms with Crippen LogP contribution in [-0.4, -0.2) is 15.6 Å². The molecule has 0 radical (unpaired) electrons. The Morgan fingerprint density at radius 2 is 2.24 bits per heavy atom. The number of nitrogens with two attached hydrogens (primary N) is 1. The fourth-order valence-corrected chi connectivity index (χ4v) is 2.70. The minimum atomic E-state index is -0.388. The number of aromatic amines is 1. The number of aromatic nitrogens is 2. The molecule has 1 heterocycles. The minimum Gasteiger partial charge on any atom is -0.328 e. The normalized spacial score (nSPS) is 24.6. The van der Waals surface area contributed by atoms with Gasteiger partial charge in [0.1, 0.15) is 11.3 Å². The Balaban J connectivity index is 2.19.